The molecule has 7 nitrogen and oxygen atoms in total. The summed E-state index contributed by atoms with van der Waals surface area (Å²) in [5.74, 6) is 0.815. The van der Waals surface area contributed by atoms with Crippen LogP contribution in [0.2, 0.25) is 0 Å². The number of aromatic nitrogens is 2. The number of aryl methyl sites for hydroxylation is 2. The Kier molecular flexibility index (Phi) is 4.63. The first-order valence-corrected chi connectivity index (χ1v) is 9.20. The van der Waals surface area contributed by atoms with Gasteiger partial charge in [0.1, 0.15) is 11.9 Å². The zero-order valence-electron chi connectivity index (χ0n) is 15.2. The van der Waals surface area contributed by atoms with E-state index in [1.807, 2.05) is 31.0 Å². The number of amides is 1. The molecule has 0 unspecified atom stereocenters. The molecule has 1 saturated heterocycles. The summed E-state index contributed by atoms with van der Waals surface area (Å²) < 4.78 is 11.3. The van der Waals surface area contributed by atoms with Crippen LogP contribution >= 0.6 is 0 Å². The monoisotopic (exact) mass is 356 g/mol. The molecule has 4 rings (SSSR count). The van der Waals surface area contributed by atoms with E-state index >= 15 is 0 Å². The summed E-state index contributed by atoms with van der Waals surface area (Å²) in [6.45, 7) is 3.47. The lowest BCUT2D eigenvalue weighted by molar-refractivity contribution is -0.0250. The van der Waals surface area contributed by atoms with Gasteiger partial charge in [-0.3, -0.25) is 9.78 Å². The van der Waals surface area contributed by atoms with Crippen LogP contribution in [0.25, 0.3) is 0 Å². The van der Waals surface area contributed by atoms with Gasteiger partial charge in [0, 0.05) is 37.0 Å². The molecule has 1 N–H and O–H groups in total. The molecular formula is C19H24N4O3. The number of nitrogens with zero attached hydrogens (tertiary/aromatic N) is 3. The highest BCUT2D eigenvalue weighted by Gasteiger charge is 2.32. The van der Waals surface area contributed by atoms with Crippen molar-refractivity contribution < 1.29 is 14.1 Å². The lowest BCUT2D eigenvalue weighted by Crippen LogP contribution is -2.43. The fourth-order valence-electron chi connectivity index (χ4n) is 3.72. The Morgan fingerprint density at radius 3 is 3.00 bits per heavy atom. The average Bonchev–Trinajstić information content (AvgIpc) is 3.11. The van der Waals surface area contributed by atoms with Gasteiger partial charge in [0.2, 0.25) is 0 Å². The Bertz CT molecular complexity index is 817. The third kappa shape index (κ3) is 3.19. The van der Waals surface area contributed by atoms with E-state index in [0.717, 1.165) is 54.1 Å². The Hall–Kier alpha value is -2.41. The van der Waals surface area contributed by atoms with Crippen molar-refractivity contribution in [3.63, 3.8) is 0 Å². The molecule has 2 aliphatic rings. The van der Waals surface area contributed by atoms with Gasteiger partial charge in [-0.2, -0.15) is 0 Å². The standard InChI is InChI=1S/C19H24N4O3/c1-12-9-13(20-2)10-15(21-12)17-11-23(7-8-25-17)19(24)18-14-5-3-4-6-16(14)26-22-18/h9-10,17H,3-8,11H2,1-2H3,(H,20,21)/t17-/m0/s1. The minimum absolute atomic E-state index is 0.0632. The first-order valence-electron chi connectivity index (χ1n) is 9.20. The van der Waals surface area contributed by atoms with Crippen LogP contribution in [0.5, 0.6) is 0 Å². The number of rotatable bonds is 3. The third-order valence-corrected chi connectivity index (χ3v) is 5.10. The van der Waals surface area contributed by atoms with Gasteiger partial charge in [0.25, 0.3) is 5.91 Å². The molecule has 0 radical (unpaired) electrons. The quantitative estimate of drug-likeness (QED) is 0.910. The molecule has 7 heteroatoms. The van der Waals surface area contributed by atoms with Gasteiger partial charge in [0.15, 0.2) is 5.69 Å². The summed E-state index contributed by atoms with van der Waals surface area (Å²) in [6, 6.07) is 3.96. The van der Waals surface area contributed by atoms with E-state index in [4.69, 9.17) is 9.26 Å². The summed E-state index contributed by atoms with van der Waals surface area (Å²) in [6.07, 6.45) is 3.70. The molecule has 0 bridgehead atoms. The molecule has 138 valence electrons. The zero-order chi connectivity index (χ0) is 18.1. The van der Waals surface area contributed by atoms with E-state index in [1.165, 1.54) is 0 Å². The molecule has 1 atom stereocenters. The van der Waals surface area contributed by atoms with Crippen molar-refractivity contribution in [1.29, 1.82) is 0 Å². The third-order valence-electron chi connectivity index (χ3n) is 5.10. The SMILES string of the molecule is CNc1cc(C)nc([C@@H]2CN(C(=O)c3noc4c3CCCC4)CCO2)c1. The number of hydrogen-bond acceptors (Lipinski definition) is 6. The maximum atomic E-state index is 13.0. The Morgan fingerprint density at radius 2 is 2.15 bits per heavy atom. The van der Waals surface area contributed by atoms with Crippen molar-refractivity contribution in [3.05, 3.63) is 40.5 Å². The molecule has 0 aromatic carbocycles. The van der Waals surface area contributed by atoms with Gasteiger partial charge in [-0.25, -0.2) is 0 Å². The second-order valence-electron chi connectivity index (χ2n) is 6.92. The zero-order valence-corrected chi connectivity index (χ0v) is 15.2. The topological polar surface area (TPSA) is 80.5 Å². The highest BCUT2D eigenvalue weighted by Crippen LogP contribution is 2.28. The van der Waals surface area contributed by atoms with Crippen LogP contribution in [0.15, 0.2) is 16.7 Å². The molecule has 1 fully saturated rings. The molecule has 2 aromatic rings. The van der Waals surface area contributed by atoms with E-state index in [9.17, 15) is 4.79 Å². The highest BCUT2D eigenvalue weighted by molar-refractivity contribution is 5.94. The Labute approximate surface area is 152 Å². The van der Waals surface area contributed by atoms with Gasteiger partial charge < -0.3 is 19.5 Å². The van der Waals surface area contributed by atoms with Crippen molar-refractivity contribution in [2.75, 3.05) is 32.1 Å². The molecule has 1 aliphatic heterocycles. The number of morpholine rings is 1. The number of fused-ring (bicyclic) bond motifs is 1. The molecular weight excluding hydrogens is 332 g/mol. The van der Waals surface area contributed by atoms with Crippen LogP contribution in [0.4, 0.5) is 5.69 Å². The van der Waals surface area contributed by atoms with Crippen molar-refractivity contribution >= 4 is 11.6 Å². The maximum absolute atomic E-state index is 13.0. The van der Waals surface area contributed by atoms with Crippen molar-refractivity contribution in [3.8, 4) is 0 Å². The average molecular weight is 356 g/mol. The second kappa shape index (κ2) is 7.07. The van der Waals surface area contributed by atoms with Crippen molar-refractivity contribution in [2.24, 2.45) is 0 Å². The van der Waals surface area contributed by atoms with Crippen molar-refractivity contribution in [2.45, 2.75) is 38.7 Å². The summed E-state index contributed by atoms with van der Waals surface area (Å²) in [5, 5.41) is 7.22. The number of hydrogen-bond donors (Lipinski definition) is 1. The first-order chi connectivity index (χ1) is 12.7. The summed E-state index contributed by atoms with van der Waals surface area (Å²) in [4.78, 5) is 19.4. The number of anilines is 1. The number of carbonyl (C=O) groups excluding carboxylic acids is 1. The molecule has 0 spiro atoms. The fraction of sp³-hybridized carbons (Fsp3) is 0.526. The summed E-state index contributed by atoms with van der Waals surface area (Å²) in [7, 11) is 1.88. The highest BCUT2D eigenvalue weighted by atomic mass is 16.5. The molecule has 3 heterocycles. The Morgan fingerprint density at radius 1 is 1.31 bits per heavy atom. The minimum Gasteiger partial charge on any atom is -0.388 e. The number of pyridine rings is 1. The minimum atomic E-state index is -0.234. The summed E-state index contributed by atoms with van der Waals surface area (Å²) in [5.41, 5.74) is 4.23. The van der Waals surface area contributed by atoms with Gasteiger partial charge in [0.05, 0.1) is 18.8 Å². The smallest absolute Gasteiger partial charge is 0.276 e. The fourth-order valence-corrected chi connectivity index (χ4v) is 3.72. The van der Waals surface area contributed by atoms with Crippen LogP contribution in [-0.2, 0) is 17.6 Å². The van der Waals surface area contributed by atoms with Crippen molar-refractivity contribution in [1.82, 2.24) is 15.0 Å². The number of carbonyl (C=O) groups is 1. The number of nitrogens with one attached hydrogen (secondary N) is 1. The van der Waals surface area contributed by atoms with E-state index in [1.54, 1.807) is 0 Å². The second-order valence-corrected chi connectivity index (χ2v) is 6.92. The van der Waals surface area contributed by atoms with Crippen LogP contribution in [0.3, 0.4) is 0 Å². The largest absolute Gasteiger partial charge is 0.388 e. The van der Waals surface area contributed by atoms with Crippen LogP contribution in [0.1, 0.15) is 52.1 Å². The van der Waals surface area contributed by atoms with E-state index in [-0.39, 0.29) is 12.0 Å². The van der Waals surface area contributed by atoms with Gasteiger partial charge in [-0.1, -0.05) is 5.16 Å². The lowest BCUT2D eigenvalue weighted by atomic mass is 9.96. The van der Waals surface area contributed by atoms with Gasteiger partial charge in [-0.05, 0) is 38.3 Å². The van der Waals surface area contributed by atoms with Gasteiger partial charge >= 0.3 is 0 Å². The van der Waals surface area contributed by atoms with E-state index < -0.39 is 0 Å². The van der Waals surface area contributed by atoms with Crippen LogP contribution in [-0.4, -0.2) is 47.7 Å². The molecule has 1 aliphatic carbocycles. The van der Waals surface area contributed by atoms with Crippen LogP contribution in [0, 0.1) is 6.92 Å². The predicted molar refractivity (Wildman–Crippen MR) is 96.3 cm³/mol. The molecule has 0 saturated carbocycles. The Balaban J connectivity index is 1.54. The van der Waals surface area contributed by atoms with E-state index in [2.05, 4.69) is 15.5 Å². The molecule has 26 heavy (non-hydrogen) atoms. The molecule has 2 aromatic heterocycles. The normalized spacial score (nSPS) is 19.9. The lowest BCUT2D eigenvalue weighted by Gasteiger charge is -2.32. The maximum Gasteiger partial charge on any atom is 0.276 e. The van der Waals surface area contributed by atoms with Gasteiger partial charge in [-0.15, -0.1) is 0 Å². The summed E-state index contributed by atoms with van der Waals surface area (Å²) >= 11 is 0. The molecule has 1 amide bonds. The van der Waals surface area contributed by atoms with Crippen LogP contribution < -0.4 is 5.32 Å². The number of ether oxygens (including phenoxy) is 1. The first kappa shape index (κ1) is 17.0. The predicted octanol–water partition coefficient (Wildman–Crippen LogP) is 2.51. The van der Waals surface area contributed by atoms with E-state index in [0.29, 0.717) is 25.4 Å².